The zero-order chi connectivity index (χ0) is 18.3. The van der Waals surface area contributed by atoms with E-state index in [4.69, 9.17) is 0 Å². The summed E-state index contributed by atoms with van der Waals surface area (Å²) in [6, 6.07) is 11.1. The van der Waals surface area contributed by atoms with Crippen LogP contribution in [0, 0.1) is 0 Å². The van der Waals surface area contributed by atoms with Crippen LogP contribution in [-0.2, 0) is 18.4 Å². The van der Waals surface area contributed by atoms with Crippen molar-refractivity contribution < 1.29 is 4.79 Å². The van der Waals surface area contributed by atoms with Crippen LogP contribution in [0.1, 0.15) is 17.8 Å². The average molecular weight is 366 g/mol. The normalized spacial score (nSPS) is 12.5. The number of aryl methyl sites for hydroxylation is 1. The average Bonchev–Trinajstić information content (AvgIpc) is 3.28. The van der Waals surface area contributed by atoms with Gasteiger partial charge in [-0.15, -0.1) is 11.3 Å². The van der Waals surface area contributed by atoms with Crippen LogP contribution in [0.25, 0.3) is 21.8 Å². The first-order valence-electron chi connectivity index (χ1n) is 8.33. The van der Waals surface area contributed by atoms with Crippen molar-refractivity contribution in [3.63, 3.8) is 0 Å². The van der Waals surface area contributed by atoms with Crippen molar-refractivity contribution >= 4 is 39.0 Å². The number of benzene rings is 1. The summed E-state index contributed by atoms with van der Waals surface area (Å²) in [7, 11) is 1.62. The van der Waals surface area contributed by atoms with Gasteiger partial charge in [0.15, 0.2) is 0 Å². The molecule has 0 saturated heterocycles. The van der Waals surface area contributed by atoms with E-state index in [-0.39, 0.29) is 11.5 Å². The van der Waals surface area contributed by atoms with E-state index in [0.29, 0.717) is 12.1 Å². The van der Waals surface area contributed by atoms with Crippen LogP contribution in [0.2, 0.25) is 0 Å². The van der Waals surface area contributed by atoms with E-state index < -0.39 is 6.04 Å². The number of carbonyl (C=O) groups is 1. The maximum Gasteiger partial charge on any atom is 0.291 e. The number of fused-ring (bicyclic) bond motifs is 3. The van der Waals surface area contributed by atoms with Gasteiger partial charge >= 0.3 is 0 Å². The highest BCUT2D eigenvalue weighted by Gasteiger charge is 2.23. The maximum atomic E-state index is 12.8. The molecule has 0 radical (unpaired) electrons. The molecule has 4 aromatic rings. The van der Waals surface area contributed by atoms with E-state index in [2.05, 4.69) is 10.4 Å². The summed E-state index contributed by atoms with van der Waals surface area (Å²) < 4.78 is 3.12. The Balaban J connectivity index is 1.82. The first-order chi connectivity index (χ1) is 12.6. The Morgan fingerprint density at radius 3 is 2.81 bits per heavy atom. The number of rotatable bonds is 4. The molecule has 7 heteroatoms. The molecule has 0 spiro atoms. The fourth-order valence-electron chi connectivity index (χ4n) is 3.24. The third-order valence-corrected chi connectivity index (χ3v) is 5.47. The van der Waals surface area contributed by atoms with Gasteiger partial charge in [-0.25, -0.2) is 4.68 Å². The minimum absolute atomic E-state index is 0.125. The van der Waals surface area contributed by atoms with Gasteiger partial charge in [-0.05, 0) is 24.4 Å². The second-order valence-electron chi connectivity index (χ2n) is 6.20. The van der Waals surface area contributed by atoms with Crippen molar-refractivity contribution in [3.05, 3.63) is 63.2 Å². The van der Waals surface area contributed by atoms with Crippen molar-refractivity contribution in [2.75, 3.05) is 0 Å². The summed E-state index contributed by atoms with van der Waals surface area (Å²) in [6.45, 7) is 2.30. The lowest BCUT2D eigenvalue weighted by Crippen LogP contribution is -2.32. The molecule has 0 fully saturated rings. The van der Waals surface area contributed by atoms with E-state index in [1.54, 1.807) is 24.6 Å². The number of amides is 1. The van der Waals surface area contributed by atoms with Gasteiger partial charge in [0.2, 0.25) is 5.91 Å². The second-order valence-corrected chi connectivity index (χ2v) is 7.23. The summed E-state index contributed by atoms with van der Waals surface area (Å²) in [5.74, 6) is -0.125. The standard InChI is InChI=1S/C19H18N4O2S/c1-12(18(24)20-10-13-6-5-9-26-13)23-16-8-4-3-7-14(16)15-11-21-22(2)19(25)17(15)23/h3-9,11-12H,10H2,1-2H3,(H,20,24)/t12-/m0/s1. The molecular weight excluding hydrogens is 348 g/mol. The van der Waals surface area contributed by atoms with E-state index in [1.165, 1.54) is 4.68 Å². The van der Waals surface area contributed by atoms with Gasteiger partial charge in [-0.2, -0.15) is 5.10 Å². The second kappa shape index (κ2) is 6.42. The van der Waals surface area contributed by atoms with Gasteiger partial charge in [0.25, 0.3) is 5.56 Å². The molecule has 0 saturated carbocycles. The molecule has 132 valence electrons. The SMILES string of the molecule is C[C@@H](C(=O)NCc1cccs1)n1c2ccccc2c2cnn(C)c(=O)c21. The minimum atomic E-state index is -0.521. The molecule has 4 rings (SSSR count). The highest BCUT2D eigenvalue weighted by molar-refractivity contribution is 7.09. The molecule has 0 aliphatic rings. The fourth-order valence-corrected chi connectivity index (χ4v) is 3.89. The summed E-state index contributed by atoms with van der Waals surface area (Å²) in [4.78, 5) is 26.6. The lowest BCUT2D eigenvalue weighted by atomic mass is 10.2. The fraction of sp³-hybridized carbons (Fsp3) is 0.211. The van der Waals surface area contributed by atoms with E-state index in [1.807, 2.05) is 53.3 Å². The summed E-state index contributed by atoms with van der Waals surface area (Å²) >= 11 is 1.60. The molecule has 3 aromatic heterocycles. The quantitative estimate of drug-likeness (QED) is 0.604. The van der Waals surface area contributed by atoms with Crippen molar-refractivity contribution in [2.24, 2.45) is 7.05 Å². The van der Waals surface area contributed by atoms with Crippen LogP contribution in [0.3, 0.4) is 0 Å². The molecule has 1 N–H and O–H groups in total. The molecule has 3 heterocycles. The summed E-state index contributed by atoms with van der Waals surface area (Å²) in [6.07, 6.45) is 1.69. The van der Waals surface area contributed by atoms with Gasteiger partial charge in [-0.3, -0.25) is 9.59 Å². The Labute approximate surface area is 153 Å². The van der Waals surface area contributed by atoms with Crippen LogP contribution in [0.5, 0.6) is 0 Å². The van der Waals surface area contributed by atoms with Crippen LogP contribution in [-0.4, -0.2) is 20.3 Å². The Bertz CT molecular complexity index is 1160. The first kappa shape index (κ1) is 16.5. The van der Waals surface area contributed by atoms with Crippen molar-refractivity contribution in [3.8, 4) is 0 Å². The van der Waals surface area contributed by atoms with E-state index >= 15 is 0 Å². The third kappa shape index (κ3) is 2.61. The van der Waals surface area contributed by atoms with Crippen LogP contribution in [0.15, 0.2) is 52.8 Å². The highest BCUT2D eigenvalue weighted by atomic mass is 32.1. The Hall–Kier alpha value is -2.93. The molecule has 1 atom stereocenters. The van der Waals surface area contributed by atoms with Gasteiger partial charge in [-0.1, -0.05) is 24.3 Å². The van der Waals surface area contributed by atoms with Crippen molar-refractivity contribution in [2.45, 2.75) is 19.5 Å². The van der Waals surface area contributed by atoms with E-state index in [0.717, 1.165) is 21.2 Å². The number of para-hydroxylation sites is 1. The van der Waals surface area contributed by atoms with Gasteiger partial charge in [0.1, 0.15) is 11.6 Å². The topological polar surface area (TPSA) is 68.9 Å². The first-order valence-corrected chi connectivity index (χ1v) is 9.21. The van der Waals surface area contributed by atoms with Gasteiger partial charge in [0, 0.05) is 22.7 Å². The molecule has 0 bridgehead atoms. The molecular formula is C19H18N4O2S. The number of nitrogens with zero attached hydrogens (tertiary/aromatic N) is 3. The Morgan fingerprint density at radius 2 is 2.04 bits per heavy atom. The number of hydrogen-bond acceptors (Lipinski definition) is 4. The van der Waals surface area contributed by atoms with Gasteiger partial charge < -0.3 is 9.88 Å². The molecule has 26 heavy (non-hydrogen) atoms. The number of hydrogen-bond donors (Lipinski definition) is 1. The third-order valence-electron chi connectivity index (χ3n) is 4.59. The Kier molecular flexibility index (Phi) is 4.08. The molecule has 6 nitrogen and oxygen atoms in total. The number of nitrogens with one attached hydrogen (secondary N) is 1. The smallest absolute Gasteiger partial charge is 0.291 e. The monoisotopic (exact) mass is 366 g/mol. The van der Waals surface area contributed by atoms with Crippen molar-refractivity contribution in [1.82, 2.24) is 19.7 Å². The number of thiophene rings is 1. The molecule has 0 aliphatic heterocycles. The summed E-state index contributed by atoms with van der Waals surface area (Å²) in [5, 5.41) is 10.8. The zero-order valence-electron chi connectivity index (χ0n) is 14.5. The highest BCUT2D eigenvalue weighted by Crippen LogP contribution is 2.29. The van der Waals surface area contributed by atoms with E-state index in [9.17, 15) is 9.59 Å². The Morgan fingerprint density at radius 1 is 1.23 bits per heavy atom. The number of aromatic nitrogens is 3. The van der Waals surface area contributed by atoms with Crippen LogP contribution in [0.4, 0.5) is 0 Å². The summed E-state index contributed by atoms with van der Waals surface area (Å²) in [5.41, 5.74) is 1.14. The van der Waals surface area contributed by atoms with Crippen LogP contribution >= 0.6 is 11.3 Å². The molecule has 1 amide bonds. The van der Waals surface area contributed by atoms with Gasteiger partial charge in [0.05, 0.1) is 18.3 Å². The zero-order valence-corrected chi connectivity index (χ0v) is 15.3. The molecule has 0 unspecified atom stereocenters. The molecule has 0 aliphatic carbocycles. The maximum absolute atomic E-state index is 12.8. The predicted molar refractivity (Wildman–Crippen MR) is 103 cm³/mol. The predicted octanol–water partition coefficient (Wildman–Crippen LogP) is 2.83. The largest absolute Gasteiger partial charge is 0.349 e. The lowest BCUT2D eigenvalue weighted by Gasteiger charge is -2.16. The lowest BCUT2D eigenvalue weighted by molar-refractivity contribution is -0.123. The van der Waals surface area contributed by atoms with Crippen LogP contribution < -0.4 is 10.9 Å². The molecule has 1 aromatic carbocycles. The minimum Gasteiger partial charge on any atom is -0.349 e. The van der Waals surface area contributed by atoms with Crippen molar-refractivity contribution in [1.29, 1.82) is 0 Å². The number of carbonyl (C=O) groups excluding carboxylic acids is 1.